The lowest BCUT2D eigenvalue weighted by Crippen LogP contribution is -2.56. The first-order chi connectivity index (χ1) is 13.1. The number of rotatable bonds is 3. The quantitative estimate of drug-likeness (QED) is 0.346. The van der Waals surface area contributed by atoms with Gasteiger partial charge in [0.15, 0.2) is 17.5 Å². The van der Waals surface area contributed by atoms with Crippen LogP contribution in [0.15, 0.2) is 36.4 Å². The fraction of sp³-hybridized carbons (Fsp3) is 0. The summed E-state index contributed by atoms with van der Waals surface area (Å²) in [6.45, 7) is 0. The van der Waals surface area contributed by atoms with E-state index in [0.29, 0.717) is 18.2 Å². The second kappa shape index (κ2) is 7.53. The maximum atomic E-state index is 14.3. The first-order valence-electron chi connectivity index (χ1n) is 7.53. The Hall–Kier alpha value is -2.44. The van der Waals surface area contributed by atoms with Gasteiger partial charge in [-0.15, -0.1) is 0 Å². The minimum absolute atomic E-state index is 0.134. The standard InChI is InChI=1S/3C6H2F3.Al/c3*7-4-1-2-5(8)6(9)3-4;/h3*1,3H;. The highest BCUT2D eigenvalue weighted by Gasteiger charge is 2.37. The Kier molecular flexibility index (Phi) is 5.46. The zero-order chi connectivity index (χ0) is 20.7. The summed E-state index contributed by atoms with van der Waals surface area (Å²) in [7, 11) is 0. The molecule has 0 atom stereocenters. The maximum Gasteiger partial charge on any atom is 0.398 e. The van der Waals surface area contributed by atoms with Crippen LogP contribution in [0, 0.1) is 52.4 Å². The topological polar surface area (TPSA) is 0 Å². The van der Waals surface area contributed by atoms with E-state index in [2.05, 4.69) is 0 Å². The zero-order valence-electron chi connectivity index (χ0n) is 13.4. The SMILES string of the molecule is Fc1cc(F)c(F)[c]([Al]([c]2cc(F)cc(F)c2F)[c]2cc(F)cc(F)c2F)c1. The van der Waals surface area contributed by atoms with E-state index in [1.54, 1.807) is 0 Å². The lowest BCUT2D eigenvalue weighted by molar-refractivity contribution is 0.496. The normalized spacial score (nSPS) is 11.0. The van der Waals surface area contributed by atoms with Crippen molar-refractivity contribution in [1.82, 2.24) is 0 Å². The first-order valence-corrected chi connectivity index (χ1v) is 9.26. The van der Waals surface area contributed by atoms with E-state index >= 15 is 0 Å². The van der Waals surface area contributed by atoms with Crippen LogP contribution in [0.2, 0.25) is 0 Å². The highest BCUT2D eigenvalue weighted by atomic mass is 27.2. The van der Waals surface area contributed by atoms with Gasteiger partial charge in [0.1, 0.15) is 34.9 Å². The van der Waals surface area contributed by atoms with Crippen molar-refractivity contribution in [2.45, 2.75) is 0 Å². The van der Waals surface area contributed by atoms with E-state index < -0.39 is 79.8 Å². The Labute approximate surface area is 156 Å². The van der Waals surface area contributed by atoms with E-state index in [1.165, 1.54) is 0 Å². The molecule has 0 nitrogen and oxygen atoms in total. The van der Waals surface area contributed by atoms with E-state index in [0.717, 1.165) is 0 Å². The lowest BCUT2D eigenvalue weighted by Gasteiger charge is -2.17. The number of benzene rings is 3. The molecule has 3 aromatic carbocycles. The van der Waals surface area contributed by atoms with Crippen molar-refractivity contribution in [3.05, 3.63) is 88.8 Å². The molecule has 0 fully saturated rings. The molecule has 0 aromatic heterocycles. The Morgan fingerprint density at radius 2 is 0.643 bits per heavy atom. The summed E-state index contributed by atoms with van der Waals surface area (Å²) < 4.78 is 122. The van der Waals surface area contributed by atoms with Crippen LogP contribution in [-0.2, 0) is 0 Å². The molecule has 3 rings (SSSR count). The summed E-state index contributed by atoms with van der Waals surface area (Å²) in [6, 6.07) is 1.49. The van der Waals surface area contributed by atoms with Crippen molar-refractivity contribution in [3.63, 3.8) is 0 Å². The summed E-state index contributed by atoms with van der Waals surface area (Å²) >= 11 is -4.16. The molecule has 10 heteroatoms. The van der Waals surface area contributed by atoms with Gasteiger partial charge in [-0.1, -0.05) is 13.3 Å². The molecule has 0 aliphatic rings. The predicted octanol–water partition coefficient (Wildman–Crippen LogP) is 3.45. The number of hydrogen-bond acceptors (Lipinski definition) is 0. The van der Waals surface area contributed by atoms with Crippen molar-refractivity contribution >= 4 is 27.4 Å². The fourth-order valence-electron chi connectivity index (χ4n) is 2.86. The average molecular weight is 420 g/mol. The number of hydrogen-bond donors (Lipinski definition) is 0. The highest BCUT2D eigenvalue weighted by Crippen LogP contribution is 2.14. The second-order valence-electron chi connectivity index (χ2n) is 5.81. The van der Waals surface area contributed by atoms with E-state index in [9.17, 15) is 39.5 Å². The third-order valence-corrected chi connectivity index (χ3v) is 7.12. The second-order valence-corrected chi connectivity index (χ2v) is 8.54. The van der Waals surface area contributed by atoms with Gasteiger partial charge in [-0.3, -0.25) is 0 Å². The molecular weight excluding hydrogens is 414 g/mol. The van der Waals surface area contributed by atoms with Gasteiger partial charge in [0, 0.05) is 18.2 Å². The van der Waals surface area contributed by atoms with Crippen molar-refractivity contribution in [2.75, 3.05) is 0 Å². The lowest BCUT2D eigenvalue weighted by atomic mass is 10.3. The predicted molar refractivity (Wildman–Crippen MR) is 83.6 cm³/mol. The van der Waals surface area contributed by atoms with E-state index in [1.807, 2.05) is 0 Å². The summed E-state index contributed by atoms with van der Waals surface area (Å²) in [5.74, 6) is -14.6. The van der Waals surface area contributed by atoms with Crippen molar-refractivity contribution < 1.29 is 39.5 Å². The Morgan fingerprint density at radius 1 is 0.393 bits per heavy atom. The van der Waals surface area contributed by atoms with Crippen molar-refractivity contribution in [3.8, 4) is 0 Å². The molecule has 0 heterocycles. The van der Waals surface area contributed by atoms with Crippen LogP contribution in [-0.4, -0.2) is 14.1 Å². The van der Waals surface area contributed by atoms with Gasteiger partial charge in [0.25, 0.3) is 0 Å². The largest absolute Gasteiger partial charge is 0.398 e. The Balaban J connectivity index is 2.44. The average Bonchev–Trinajstić information content (AvgIpc) is 2.60. The van der Waals surface area contributed by atoms with Gasteiger partial charge >= 0.3 is 14.1 Å². The monoisotopic (exact) mass is 420 g/mol. The molecule has 0 radical (unpaired) electrons. The minimum Gasteiger partial charge on any atom is -0.207 e. The Morgan fingerprint density at radius 3 is 0.893 bits per heavy atom. The highest BCUT2D eigenvalue weighted by molar-refractivity contribution is 6.95. The van der Waals surface area contributed by atoms with Crippen LogP contribution in [0.1, 0.15) is 0 Å². The smallest absolute Gasteiger partial charge is 0.207 e. The molecule has 0 aliphatic carbocycles. The van der Waals surface area contributed by atoms with Crippen LogP contribution in [0.4, 0.5) is 39.5 Å². The molecule has 0 saturated carbocycles. The van der Waals surface area contributed by atoms with Gasteiger partial charge in [-0.05, 0) is 18.2 Å². The van der Waals surface area contributed by atoms with E-state index in [-0.39, 0.29) is 18.2 Å². The first kappa shape index (κ1) is 20.3. The van der Waals surface area contributed by atoms with Gasteiger partial charge in [-0.2, -0.15) is 0 Å². The van der Waals surface area contributed by atoms with E-state index in [4.69, 9.17) is 0 Å². The molecule has 0 saturated heterocycles. The summed E-state index contributed by atoms with van der Waals surface area (Å²) in [5.41, 5.74) is 0. The maximum absolute atomic E-state index is 14.3. The fourth-order valence-corrected chi connectivity index (χ4v) is 6.02. The van der Waals surface area contributed by atoms with Crippen molar-refractivity contribution in [1.29, 1.82) is 0 Å². The molecular formula is C18H6AlF9. The summed E-state index contributed by atoms with van der Waals surface area (Å²) in [4.78, 5) is 0. The minimum atomic E-state index is -4.16. The van der Waals surface area contributed by atoms with Gasteiger partial charge in [0.05, 0.1) is 0 Å². The molecule has 0 aliphatic heterocycles. The van der Waals surface area contributed by atoms with Gasteiger partial charge < -0.3 is 0 Å². The van der Waals surface area contributed by atoms with Gasteiger partial charge in [-0.25, -0.2) is 39.5 Å². The summed E-state index contributed by atoms with van der Waals surface area (Å²) in [6.07, 6.45) is 0. The molecule has 0 unspecified atom stereocenters. The third-order valence-electron chi connectivity index (χ3n) is 4.00. The third kappa shape index (κ3) is 3.62. The van der Waals surface area contributed by atoms with Crippen LogP contribution < -0.4 is 13.3 Å². The Bertz CT molecular complexity index is 945. The van der Waals surface area contributed by atoms with Gasteiger partial charge in [0.2, 0.25) is 0 Å². The molecule has 144 valence electrons. The molecule has 0 bridgehead atoms. The van der Waals surface area contributed by atoms with Crippen molar-refractivity contribution in [2.24, 2.45) is 0 Å². The number of halogens is 9. The van der Waals surface area contributed by atoms with Crippen LogP contribution in [0.25, 0.3) is 0 Å². The summed E-state index contributed by atoms with van der Waals surface area (Å²) in [5, 5.41) is 0. The van der Waals surface area contributed by atoms with Crippen LogP contribution >= 0.6 is 0 Å². The van der Waals surface area contributed by atoms with Crippen LogP contribution in [0.3, 0.4) is 0 Å². The zero-order valence-corrected chi connectivity index (χ0v) is 14.6. The molecule has 28 heavy (non-hydrogen) atoms. The molecule has 0 spiro atoms. The van der Waals surface area contributed by atoms with Crippen LogP contribution in [0.5, 0.6) is 0 Å². The molecule has 0 N–H and O–H groups in total. The molecule has 0 amide bonds. The molecule has 3 aromatic rings.